The van der Waals surface area contributed by atoms with Crippen LogP contribution in [0.5, 0.6) is 11.5 Å². The summed E-state index contributed by atoms with van der Waals surface area (Å²) in [5.74, 6) is -9.03. The molecule has 0 unspecified atom stereocenters. The average Bonchev–Trinajstić information content (AvgIpc) is 2.87. The number of carbonyl (C=O) groups is 2. The molecule has 0 aromatic heterocycles. The molecule has 0 N–H and O–H groups in total. The molecule has 37 heavy (non-hydrogen) atoms. The van der Waals surface area contributed by atoms with Crippen LogP contribution < -0.4 is 9.47 Å². The Morgan fingerprint density at radius 3 is 1.68 bits per heavy atom. The van der Waals surface area contributed by atoms with E-state index in [0.29, 0.717) is 16.8 Å². The van der Waals surface area contributed by atoms with Crippen LogP contribution in [0.25, 0.3) is 21.5 Å². The van der Waals surface area contributed by atoms with Crippen LogP contribution in [0.1, 0.15) is 20.7 Å². The lowest BCUT2D eigenvalue weighted by Gasteiger charge is -2.09. The van der Waals surface area contributed by atoms with Gasteiger partial charge < -0.3 is 9.47 Å². The summed E-state index contributed by atoms with van der Waals surface area (Å²) in [7, 11) is 0. The minimum atomic E-state index is -1.78. The van der Waals surface area contributed by atoms with Gasteiger partial charge in [0.2, 0.25) is 0 Å². The van der Waals surface area contributed by atoms with Crippen molar-refractivity contribution >= 4 is 33.5 Å². The van der Waals surface area contributed by atoms with Crippen LogP contribution in [-0.2, 0) is 0 Å². The smallest absolute Gasteiger partial charge is 0.346 e. The molecule has 0 spiro atoms. The SMILES string of the molecule is O=C(Oc1ccc2cc3ccc(OC(=O)c4ccc(F)c(F)c4F)cc3cc2c1)c1ccc(F)c(F)c1. The summed E-state index contributed by atoms with van der Waals surface area (Å²) in [5, 5.41) is 2.79. The summed E-state index contributed by atoms with van der Waals surface area (Å²) in [6, 6.07) is 17.0. The number of benzene rings is 5. The van der Waals surface area contributed by atoms with Crippen LogP contribution in [0.15, 0.2) is 78.9 Å². The minimum Gasteiger partial charge on any atom is -0.423 e. The highest BCUT2D eigenvalue weighted by Gasteiger charge is 2.20. The number of hydrogen-bond donors (Lipinski definition) is 0. The Balaban J connectivity index is 1.41. The van der Waals surface area contributed by atoms with Crippen molar-refractivity contribution in [2.45, 2.75) is 0 Å². The molecule has 5 rings (SSSR count). The first-order chi connectivity index (χ1) is 17.7. The fraction of sp³-hybridized carbons (Fsp3) is 0. The van der Waals surface area contributed by atoms with Gasteiger partial charge in [-0.3, -0.25) is 0 Å². The van der Waals surface area contributed by atoms with Crippen LogP contribution in [0, 0.1) is 29.1 Å². The largest absolute Gasteiger partial charge is 0.423 e. The van der Waals surface area contributed by atoms with Crippen LogP contribution >= 0.6 is 0 Å². The molecule has 4 nitrogen and oxygen atoms in total. The number of rotatable bonds is 4. The number of halogens is 5. The van der Waals surface area contributed by atoms with E-state index < -0.39 is 46.6 Å². The minimum absolute atomic E-state index is 0.0295. The van der Waals surface area contributed by atoms with E-state index in [2.05, 4.69) is 0 Å². The highest BCUT2D eigenvalue weighted by atomic mass is 19.2. The van der Waals surface area contributed by atoms with Crippen molar-refractivity contribution in [3.63, 3.8) is 0 Å². The third kappa shape index (κ3) is 4.71. The van der Waals surface area contributed by atoms with Crippen molar-refractivity contribution in [1.82, 2.24) is 0 Å². The van der Waals surface area contributed by atoms with Crippen molar-refractivity contribution in [3.8, 4) is 11.5 Å². The summed E-state index contributed by atoms with van der Waals surface area (Å²) >= 11 is 0. The second kappa shape index (κ2) is 9.34. The van der Waals surface area contributed by atoms with Gasteiger partial charge in [0, 0.05) is 0 Å². The normalized spacial score (nSPS) is 11.1. The molecule has 0 radical (unpaired) electrons. The van der Waals surface area contributed by atoms with E-state index in [1.165, 1.54) is 12.1 Å². The molecule has 0 fully saturated rings. The number of fused-ring (bicyclic) bond motifs is 2. The third-order valence-corrected chi connectivity index (χ3v) is 5.57. The Morgan fingerprint density at radius 2 is 1.05 bits per heavy atom. The van der Waals surface area contributed by atoms with Gasteiger partial charge >= 0.3 is 11.9 Å². The first kappa shape index (κ1) is 23.9. The Hall–Kier alpha value is -4.79. The summed E-state index contributed by atoms with van der Waals surface area (Å²) in [6.07, 6.45) is 0. The van der Waals surface area contributed by atoms with Crippen LogP contribution in [0.3, 0.4) is 0 Å². The van der Waals surface area contributed by atoms with Crippen molar-refractivity contribution in [1.29, 1.82) is 0 Å². The first-order valence-corrected chi connectivity index (χ1v) is 10.7. The Bertz CT molecular complexity index is 1730. The Labute approximate surface area is 205 Å². The molecule has 5 aromatic rings. The number of ether oxygens (including phenoxy) is 2. The molecule has 0 saturated carbocycles. The zero-order chi connectivity index (χ0) is 26.3. The second-order valence-electron chi connectivity index (χ2n) is 8.00. The van der Waals surface area contributed by atoms with Gasteiger partial charge in [0.15, 0.2) is 29.1 Å². The molecule has 0 heterocycles. The van der Waals surface area contributed by atoms with Gasteiger partial charge in [-0.2, -0.15) is 0 Å². The number of carbonyl (C=O) groups excluding carboxylic acids is 2. The Morgan fingerprint density at radius 1 is 0.486 bits per heavy atom. The highest BCUT2D eigenvalue weighted by Crippen LogP contribution is 2.29. The van der Waals surface area contributed by atoms with E-state index in [0.717, 1.165) is 35.0 Å². The maximum Gasteiger partial charge on any atom is 0.346 e. The second-order valence-corrected chi connectivity index (χ2v) is 8.00. The van der Waals surface area contributed by atoms with Crippen LogP contribution in [0.4, 0.5) is 22.0 Å². The molecular formula is C28H13F5O4. The summed E-state index contributed by atoms with van der Waals surface area (Å²) in [4.78, 5) is 24.6. The molecule has 0 aliphatic carbocycles. The van der Waals surface area contributed by atoms with Gasteiger partial charge in [-0.15, -0.1) is 0 Å². The molecule has 9 heteroatoms. The standard InChI is InChI=1S/C28H13F5O4/c29-22-7-3-16(13-24(22)31)27(34)36-19-4-1-14-9-15-2-5-20(12-18(15)10-17(14)11-19)37-28(35)21-6-8-23(30)26(33)25(21)32/h1-13H. The van der Waals surface area contributed by atoms with Crippen molar-refractivity contribution < 1.29 is 41.0 Å². The quantitative estimate of drug-likeness (QED) is 0.0853. The summed E-state index contributed by atoms with van der Waals surface area (Å²) in [6.45, 7) is 0. The summed E-state index contributed by atoms with van der Waals surface area (Å²) in [5.41, 5.74) is -0.925. The van der Waals surface area contributed by atoms with Gasteiger partial charge in [0.25, 0.3) is 0 Å². The predicted molar refractivity (Wildman–Crippen MR) is 124 cm³/mol. The van der Waals surface area contributed by atoms with Crippen LogP contribution in [-0.4, -0.2) is 11.9 Å². The zero-order valence-corrected chi connectivity index (χ0v) is 18.5. The fourth-order valence-corrected chi connectivity index (χ4v) is 3.72. The molecular weight excluding hydrogens is 495 g/mol. The molecule has 0 amide bonds. The van der Waals surface area contributed by atoms with E-state index >= 15 is 0 Å². The highest BCUT2D eigenvalue weighted by molar-refractivity contribution is 6.00. The van der Waals surface area contributed by atoms with Gasteiger partial charge in [0.05, 0.1) is 11.1 Å². The Kier molecular flexibility index (Phi) is 6.04. The van der Waals surface area contributed by atoms with Gasteiger partial charge in [-0.25, -0.2) is 31.5 Å². The zero-order valence-electron chi connectivity index (χ0n) is 18.5. The number of hydrogen-bond acceptors (Lipinski definition) is 4. The lowest BCUT2D eigenvalue weighted by atomic mass is 10.0. The monoisotopic (exact) mass is 508 g/mol. The van der Waals surface area contributed by atoms with Gasteiger partial charge in [0.1, 0.15) is 11.5 Å². The molecule has 0 bridgehead atoms. The third-order valence-electron chi connectivity index (χ3n) is 5.57. The van der Waals surface area contributed by atoms with Crippen LogP contribution in [0.2, 0.25) is 0 Å². The summed E-state index contributed by atoms with van der Waals surface area (Å²) < 4.78 is 77.5. The van der Waals surface area contributed by atoms with E-state index in [-0.39, 0.29) is 17.1 Å². The van der Waals surface area contributed by atoms with Gasteiger partial charge in [-0.05, 0) is 88.3 Å². The maximum atomic E-state index is 13.9. The molecule has 0 aliphatic rings. The van der Waals surface area contributed by atoms with Crippen molar-refractivity contribution in [2.75, 3.05) is 0 Å². The fourth-order valence-electron chi connectivity index (χ4n) is 3.72. The van der Waals surface area contributed by atoms with E-state index in [9.17, 15) is 31.5 Å². The van der Waals surface area contributed by atoms with Gasteiger partial charge in [-0.1, -0.05) is 12.1 Å². The van der Waals surface area contributed by atoms with Crippen molar-refractivity contribution in [2.24, 2.45) is 0 Å². The average molecular weight is 508 g/mol. The first-order valence-electron chi connectivity index (χ1n) is 10.7. The van der Waals surface area contributed by atoms with E-state index in [1.807, 2.05) is 6.07 Å². The lowest BCUT2D eigenvalue weighted by molar-refractivity contribution is 0.0721. The van der Waals surface area contributed by atoms with E-state index in [1.54, 1.807) is 30.3 Å². The predicted octanol–water partition coefficient (Wildman–Crippen LogP) is 7.13. The molecule has 0 atom stereocenters. The topological polar surface area (TPSA) is 52.6 Å². The van der Waals surface area contributed by atoms with Crippen molar-refractivity contribution in [3.05, 3.63) is 119 Å². The maximum absolute atomic E-state index is 13.9. The number of esters is 2. The van der Waals surface area contributed by atoms with E-state index in [4.69, 9.17) is 9.47 Å². The molecule has 5 aromatic carbocycles. The lowest BCUT2D eigenvalue weighted by Crippen LogP contribution is -2.12. The molecule has 0 aliphatic heterocycles. The molecule has 0 saturated heterocycles. The molecule has 184 valence electrons.